The van der Waals surface area contributed by atoms with Gasteiger partial charge in [-0.15, -0.1) is 6.58 Å². The first-order valence-corrected chi connectivity index (χ1v) is 8.22. The molecule has 1 fully saturated rings. The van der Waals surface area contributed by atoms with E-state index in [0.29, 0.717) is 12.5 Å². The normalized spacial score (nSPS) is 24.6. The first-order valence-electron chi connectivity index (χ1n) is 8.22. The number of alkyl carbamates (subject to hydrolysis) is 1. The second-order valence-electron chi connectivity index (χ2n) is 7.30. The number of β-amino-alcohol motifs (C(OH)–C–C–N with tert-alkyl or cyclic N) is 1. The largest absolute Gasteiger partial charge is 0.444 e. The van der Waals surface area contributed by atoms with Crippen molar-refractivity contribution in [2.24, 2.45) is 5.92 Å². The zero-order valence-corrected chi connectivity index (χ0v) is 14.5. The van der Waals surface area contributed by atoms with E-state index in [9.17, 15) is 9.90 Å². The SMILES string of the molecule is C=CCCC(O)CN1CCC(NC(=O)OC(C)(C)C)C(C)C1. The summed E-state index contributed by atoms with van der Waals surface area (Å²) in [6.45, 7) is 13.9. The highest BCUT2D eigenvalue weighted by molar-refractivity contribution is 5.68. The van der Waals surface area contributed by atoms with Crippen LogP contribution in [0.4, 0.5) is 4.79 Å². The van der Waals surface area contributed by atoms with Crippen molar-refractivity contribution in [3.05, 3.63) is 12.7 Å². The molecule has 1 saturated heterocycles. The summed E-state index contributed by atoms with van der Waals surface area (Å²) in [6, 6.07) is 0.136. The van der Waals surface area contributed by atoms with E-state index < -0.39 is 5.60 Å². The number of likely N-dealkylation sites (tertiary alicyclic amines) is 1. The van der Waals surface area contributed by atoms with Crippen LogP contribution in [0.15, 0.2) is 12.7 Å². The second-order valence-corrected chi connectivity index (χ2v) is 7.30. The monoisotopic (exact) mass is 312 g/mol. The van der Waals surface area contributed by atoms with E-state index in [1.54, 1.807) is 0 Å². The Hall–Kier alpha value is -1.07. The lowest BCUT2D eigenvalue weighted by atomic mass is 9.93. The summed E-state index contributed by atoms with van der Waals surface area (Å²) in [6.07, 6.45) is 3.67. The van der Waals surface area contributed by atoms with Crippen LogP contribution >= 0.6 is 0 Å². The molecular formula is C17H32N2O3. The lowest BCUT2D eigenvalue weighted by Gasteiger charge is -2.38. The van der Waals surface area contributed by atoms with Crippen molar-refractivity contribution in [2.75, 3.05) is 19.6 Å². The molecule has 1 amide bonds. The number of nitrogens with zero attached hydrogens (tertiary/aromatic N) is 1. The van der Waals surface area contributed by atoms with Crippen LogP contribution in [-0.2, 0) is 4.74 Å². The zero-order chi connectivity index (χ0) is 16.8. The molecule has 5 heteroatoms. The summed E-state index contributed by atoms with van der Waals surface area (Å²) >= 11 is 0. The maximum Gasteiger partial charge on any atom is 0.407 e. The highest BCUT2D eigenvalue weighted by Gasteiger charge is 2.29. The molecule has 128 valence electrons. The van der Waals surface area contributed by atoms with Gasteiger partial charge in [0.2, 0.25) is 0 Å². The van der Waals surface area contributed by atoms with Gasteiger partial charge in [-0.2, -0.15) is 0 Å². The average molecular weight is 312 g/mol. The lowest BCUT2D eigenvalue weighted by molar-refractivity contribution is 0.0394. The molecule has 0 aromatic rings. The minimum absolute atomic E-state index is 0.136. The van der Waals surface area contributed by atoms with E-state index in [-0.39, 0.29) is 18.2 Å². The number of hydrogen-bond donors (Lipinski definition) is 2. The summed E-state index contributed by atoms with van der Waals surface area (Å²) in [5, 5.41) is 12.9. The molecule has 0 saturated carbocycles. The van der Waals surface area contributed by atoms with Gasteiger partial charge in [0.05, 0.1) is 6.10 Å². The van der Waals surface area contributed by atoms with E-state index in [2.05, 4.69) is 23.7 Å². The van der Waals surface area contributed by atoms with Crippen molar-refractivity contribution in [3.63, 3.8) is 0 Å². The number of carbonyl (C=O) groups excluding carboxylic acids is 1. The van der Waals surface area contributed by atoms with Gasteiger partial charge in [-0.3, -0.25) is 0 Å². The quantitative estimate of drug-likeness (QED) is 0.740. The molecule has 1 aliphatic heterocycles. The van der Waals surface area contributed by atoms with Crippen molar-refractivity contribution in [1.82, 2.24) is 10.2 Å². The average Bonchev–Trinajstić information content (AvgIpc) is 2.37. The van der Waals surface area contributed by atoms with Crippen molar-refractivity contribution >= 4 is 6.09 Å². The summed E-state index contributed by atoms with van der Waals surface area (Å²) in [4.78, 5) is 14.1. The minimum atomic E-state index is -0.469. The van der Waals surface area contributed by atoms with Crippen molar-refractivity contribution in [3.8, 4) is 0 Å². The summed E-state index contributed by atoms with van der Waals surface area (Å²) in [5.74, 6) is 0.341. The number of amides is 1. The second kappa shape index (κ2) is 8.53. The topological polar surface area (TPSA) is 61.8 Å². The number of rotatable bonds is 6. The molecule has 0 spiro atoms. The van der Waals surface area contributed by atoms with E-state index in [1.165, 1.54) is 0 Å². The standard InChI is InChI=1S/C17H32N2O3/c1-6-7-8-14(20)12-19-10-9-15(13(2)11-19)18-16(21)22-17(3,4)5/h6,13-15,20H,1,7-12H2,2-5H3,(H,18,21). The minimum Gasteiger partial charge on any atom is -0.444 e. The molecule has 1 heterocycles. The highest BCUT2D eigenvalue weighted by Crippen LogP contribution is 2.18. The number of piperidine rings is 1. The van der Waals surface area contributed by atoms with Gasteiger partial charge in [0, 0.05) is 25.7 Å². The number of aliphatic hydroxyl groups is 1. The highest BCUT2D eigenvalue weighted by atomic mass is 16.6. The molecule has 22 heavy (non-hydrogen) atoms. The van der Waals surface area contributed by atoms with E-state index in [4.69, 9.17) is 4.74 Å². The van der Waals surface area contributed by atoms with Crippen LogP contribution in [0.5, 0.6) is 0 Å². The molecule has 2 N–H and O–H groups in total. The van der Waals surface area contributed by atoms with Gasteiger partial charge in [0.25, 0.3) is 0 Å². The van der Waals surface area contributed by atoms with E-state index in [0.717, 1.165) is 32.4 Å². The van der Waals surface area contributed by atoms with Crippen molar-refractivity contribution < 1.29 is 14.6 Å². The Bertz CT molecular complexity index is 365. The predicted molar refractivity (Wildman–Crippen MR) is 88.8 cm³/mol. The van der Waals surface area contributed by atoms with Gasteiger partial charge in [-0.05, 0) is 46.0 Å². The van der Waals surface area contributed by atoms with Crippen LogP contribution in [-0.4, -0.2) is 53.5 Å². The molecule has 1 aliphatic rings. The molecule has 5 nitrogen and oxygen atoms in total. The van der Waals surface area contributed by atoms with Crippen LogP contribution in [0.1, 0.15) is 47.0 Å². The van der Waals surface area contributed by atoms with Gasteiger partial charge >= 0.3 is 6.09 Å². The molecule has 3 atom stereocenters. The number of nitrogens with one attached hydrogen (secondary N) is 1. The van der Waals surface area contributed by atoms with Gasteiger partial charge in [-0.1, -0.05) is 13.0 Å². The number of hydrogen-bond acceptors (Lipinski definition) is 4. The summed E-state index contributed by atoms with van der Waals surface area (Å²) in [5.41, 5.74) is -0.469. The third kappa shape index (κ3) is 7.27. The predicted octanol–water partition coefficient (Wildman–Crippen LogP) is 2.55. The Morgan fingerprint density at radius 1 is 1.55 bits per heavy atom. The third-order valence-corrected chi connectivity index (χ3v) is 3.86. The van der Waals surface area contributed by atoms with Crippen molar-refractivity contribution in [1.29, 1.82) is 0 Å². The van der Waals surface area contributed by atoms with Crippen LogP contribution in [0, 0.1) is 5.92 Å². The zero-order valence-electron chi connectivity index (χ0n) is 14.5. The fraction of sp³-hybridized carbons (Fsp3) is 0.824. The Morgan fingerprint density at radius 2 is 2.23 bits per heavy atom. The van der Waals surface area contributed by atoms with Crippen LogP contribution in [0.2, 0.25) is 0 Å². The maximum absolute atomic E-state index is 11.9. The molecule has 0 aromatic heterocycles. The number of aliphatic hydroxyl groups excluding tert-OH is 1. The number of ether oxygens (including phenoxy) is 1. The van der Waals surface area contributed by atoms with E-state index in [1.807, 2.05) is 26.8 Å². The number of allylic oxidation sites excluding steroid dienone is 1. The van der Waals surface area contributed by atoms with Gasteiger partial charge in [0.1, 0.15) is 5.60 Å². The lowest BCUT2D eigenvalue weighted by Crippen LogP contribution is -2.52. The van der Waals surface area contributed by atoms with E-state index >= 15 is 0 Å². The Kier molecular flexibility index (Phi) is 7.36. The Balaban J connectivity index is 2.36. The molecule has 0 bridgehead atoms. The van der Waals surface area contributed by atoms with Crippen molar-refractivity contribution in [2.45, 2.75) is 64.7 Å². The molecule has 1 rings (SSSR count). The van der Waals surface area contributed by atoms with Crippen LogP contribution < -0.4 is 5.32 Å². The maximum atomic E-state index is 11.9. The van der Waals surface area contributed by atoms with Crippen LogP contribution in [0.25, 0.3) is 0 Å². The Labute approximate surface area is 134 Å². The van der Waals surface area contributed by atoms with Gasteiger partial charge in [-0.25, -0.2) is 4.79 Å². The molecule has 3 unspecified atom stereocenters. The fourth-order valence-corrected chi connectivity index (χ4v) is 2.77. The number of carbonyl (C=O) groups is 1. The molecule has 0 aromatic carbocycles. The van der Waals surface area contributed by atoms with Crippen LogP contribution in [0.3, 0.4) is 0 Å². The summed E-state index contributed by atoms with van der Waals surface area (Å²) < 4.78 is 5.31. The third-order valence-electron chi connectivity index (χ3n) is 3.86. The first-order chi connectivity index (χ1) is 10.2. The summed E-state index contributed by atoms with van der Waals surface area (Å²) in [7, 11) is 0. The smallest absolute Gasteiger partial charge is 0.407 e. The molecular weight excluding hydrogens is 280 g/mol. The first kappa shape index (κ1) is 19.0. The molecule has 0 aliphatic carbocycles. The molecule has 0 radical (unpaired) electrons. The van der Waals surface area contributed by atoms with Gasteiger partial charge in [0.15, 0.2) is 0 Å². The van der Waals surface area contributed by atoms with Gasteiger partial charge < -0.3 is 20.1 Å². The Morgan fingerprint density at radius 3 is 2.77 bits per heavy atom. The fourth-order valence-electron chi connectivity index (χ4n) is 2.77.